The van der Waals surface area contributed by atoms with Crippen molar-refractivity contribution >= 4 is 62.0 Å². The van der Waals surface area contributed by atoms with E-state index in [2.05, 4.69) is 16.0 Å². The summed E-state index contributed by atoms with van der Waals surface area (Å²) in [6.07, 6.45) is 7.37. The van der Waals surface area contributed by atoms with E-state index < -0.39 is 66.3 Å². The van der Waals surface area contributed by atoms with E-state index in [1.54, 1.807) is 20.8 Å². The number of carbonyl (C=O) groups excluding carboxylic acids is 5. The van der Waals surface area contributed by atoms with Gasteiger partial charge in [0.05, 0.1) is 16.5 Å². The molecule has 5 amide bonds. The van der Waals surface area contributed by atoms with Crippen molar-refractivity contribution in [3.05, 3.63) is 0 Å². The molecule has 2 saturated carbocycles. The fraction of sp³-hybridized carbons (Fsp3) is 0.853. The summed E-state index contributed by atoms with van der Waals surface area (Å²) in [5.74, 6) is -3.23. The van der Waals surface area contributed by atoms with Crippen LogP contribution < -0.4 is 21.7 Å². The molecule has 12 nitrogen and oxygen atoms in total. The fourth-order valence-corrected chi connectivity index (χ4v) is 8.05. The molecule has 2 fully saturated rings. The van der Waals surface area contributed by atoms with Gasteiger partial charge in [-0.25, -0.2) is 13.2 Å². The Morgan fingerprint density at radius 1 is 0.854 bits per heavy atom. The number of nitrogens with one attached hydrogen (secondary N) is 3. The number of halogens is 1. The second kappa shape index (κ2) is 18.3. The van der Waals surface area contributed by atoms with E-state index in [0.29, 0.717) is 19.3 Å². The number of ketones is 1. The van der Waals surface area contributed by atoms with Gasteiger partial charge in [-0.15, -0.1) is 0 Å². The Labute approximate surface area is 301 Å². The van der Waals surface area contributed by atoms with Crippen LogP contribution in [0.15, 0.2) is 0 Å². The summed E-state index contributed by atoms with van der Waals surface area (Å²) in [5.41, 5.74) is 5.32. The van der Waals surface area contributed by atoms with Gasteiger partial charge in [0, 0.05) is 12.6 Å². The number of sulfone groups is 1. The van der Waals surface area contributed by atoms with Crippen LogP contribution in [0.5, 0.6) is 0 Å². The van der Waals surface area contributed by atoms with Crippen molar-refractivity contribution in [3.63, 3.8) is 0 Å². The Hall–Kier alpha value is -1.97. The van der Waals surface area contributed by atoms with E-state index in [1.807, 2.05) is 57.2 Å². The first-order chi connectivity index (χ1) is 22.2. The Balaban J connectivity index is 2.39. The third-order valence-electron chi connectivity index (χ3n) is 10.2. The molecule has 0 aromatic carbocycles. The highest BCUT2D eigenvalue weighted by Gasteiger charge is 2.41. The molecule has 5 atom stereocenters. The Morgan fingerprint density at radius 2 is 1.44 bits per heavy atom. The van der Waals surface area contributed by atoms with E-state index >= 15 is 0 Å². The topological polar surface area (TPSA) is 185 Å². The molecule has 276 valence electrons. The van der Waals surface area contributed by atoms with E-state index in [9.17, 15) is 32.4 Å². The Kier molecular flexibility index (Phi) is 16.1. The zero-order valence-electron chi connectivity index (χ0n) is 30.1. The molecule has 0 aromatic heterocycles. The van der Waals surface area contributed by atoms with Crippen molar-refractivity contribution in [1.82, 2.24) is 20.9 Å². The van der Waals surface area contributed by atoms with Gasteiger partial charge in [-0.2, -0.15) is 0 Å². The SMILES string of the molecule is CC(C)[C@H](C)CN(C(=O)[C@@H](NC(=O)N[C@H](CS(=O)(=O)C(C)(C)C)C(C)C)C1CCCCC1)[C@@H](I)C(=O)NC(CC1CCC1)C(=O)C(N)=O. The zero-order valence-corrected chi connectivity index (χ0v) is 33.1. The van der Waals surface area contributed by atoms with E-state index in [4.69, 9.17) is 5.73 Å². The van der Waals surface area contributed by atoms with E-state index in [-0.39, 0.29) is 41.9 Å². The number of hydrogen-bond donors (Lipinski definition) is 4. The number of alkyl halides is 1. The van der Waals surface area contributed by atoms with Gasteiger partial charge < -0.3 is 26.6 Å². The predicted molar refractivity (Wildman–Crippen MR) is 196 cm³/mol. The molecule has 1 unspecified atom stereocenters. The van der Waals surface area contributed by atoms with Gasteiger partial charge in [-0.05, 0) is 92.2 Å². The lowest BCUT2D eigenvalue weighted by Crippen LogP contribution is -2.61. The van der Waals surface area contributed by atoms with E-state index in [1.165, 1.54) is 4.90 Å². The monoisotopic (exact) mass is 809 g/mol. The number of hydrogen-bond acceptors (Lipinski definition) is 7. The lowest BCUT2D eigenvalue weighted by molar-refractivity contribution is -0.142. The average molecular weight is 810 g/mol. The summed E-state index contributed by atoms with van der Waals surface area (Å²) in [6, 6.07) is -3.36. The van der Waals surface area contributed by atoms with Crippen molar-refractivity contribution in [2.45, 2.75) is 140 Å². The minimum absolute atomic E-state index is 0.00852. The van der Waals surface area contributed by atoms with Crippen molar-refractivity contribution in [1.29, 1.82) is 0 Å². The number of rotatable bonds is 17. The molecule has 2 aliphatic rings. The fourth-order valence-electron chi connectivity index (χ4n) is 5.93. The van der Waals surface area contributed by atoms with Crippen LogP contribution in [0.25, 0.3) is 0 Å². The molecule has 0 spiro atoms. The lowest BCUT2D eigenvalue weighted by atomic mass is 9.80. The van der Waals surface area contributed by atoms with Gasteiger partial charge in [0.25, 0.3) is 11.8 Å². The molecule has 0 heterocycles. The van der Waals surface area contributed by atoms with Crippen molar-refractivity contribution in [3.8, 4) is 0 Å². The molecule has 0 saturated heterocycles. The number of urea groups is 1. The highest BCUT2D eigenvalue weighted by Crippen LogP contribution is 2.32. The van der Waals surface area contributed by atoms with Gasteiger partial charge in [0.15, 0.2) is 13.9 Å². The van der Waals surface area contributed by atoms with E-state index in [0.717, 1.165) is 38.5 Å². The molecule has 0 bridgehead atoms. The summed E-state index contributed by atoms with van der Waals surface area (Å²) in [5, 5.41) is 8.46. The van der Waals surface area contributed by atoms with Crippen molar-refractivity contribution in [2.24, 2.45) is 35.3 Å². The van der Waals surface area contributed by atoms with Crippen LogP contribution >= 0.6 is 22.6 Å². The Bertz CT molecular complexity index is 1240. The summed E-state index contributed by atoms with van der Waals surface area (Å²) in [7, 11) is -3.55. The first-order valence-corrected chi connectivity index (χ1v) is 20.4. The number of primary amides is 1. The maximum Gasteiger partial charge on any atom is 0.315 e. The zero-order chi connectivity index (χ0) is 36.6. The van der Waals surface area contributed by atoms with Crippen molar-refractivity contribution < 1.29 is 32.4 Å². The summed E-state index contributed by atoms with van der Waals surface area (Å²) in [4.78, 5) is 67.9. The molecular formula is C34H60IN5O7S. The first kappa shape index (κ1) is 42.2. The predicted octanol–water partition coefficient (Wildman–Crippen LogP) is 4.08. The van der Waals surface area contributed by atoms with Crippen LogP contribution in [0.1, 0.15) is 113 Å². The molecule has 0 radical (unpaired) electrons. The van der Waals surface area contributed by atoms with Crippen molar-refractivity contribution in [2.75, 3.05) is 12.3 Å². The van der Waals surface area contributed by atoms with Crippen LogP contribution in [0.2, 0.25) is 0 Å². The molecular weight excluding hydrogens is 749 g/mol. The van der Waals surface area contributed by atoms with Gasteiger partial charge in [-0.1, -0.05) is 73.1 Å². The molecule has 2 rings (SSSR count). The number of amides is 5. The molecule has 2 aliphatic carbocycles. The molecule has 0 aliphatic heterocycles. The average Bonchev–Trinajstić information content (AvgIpc) is 2.97. The molecule has 0 aromatic rings. The highest BCUT2D eigenvalue weighted by atomic mass is 127. The second-order valence-electron chi connectivity index (χ2n) is 15.6. The van der Waals surface area contributed by atoms with Gasteiger partial charge in [-0.3, -0.25) is 19.2 Å². The number of Topliss-reactive ketones (excluding diaryl/α,β-unsaturated/α-hetero) is 1. The third-order valence-corrected chi connectivity index (χ3v) is 14.1. The van der Waals surface area contributed by atoms with Gasteiger partial charge in [0.1, 0.15) is 6.04 Å². The minimum Gasteiger partial charge on any atom is -0.363 e. The quantitative estimate of drug-likeness (QED) is 0.0739. The van der Waals surface area contributed by atoms with Crippen LogP contribution in [-0.2, 0) is 29.0 Å². The smallest absolute Gasteiger partial charge is 0.315 e. The standard InChI is InChI=1S/C34H60IN5O7S/c1-20(2)22(5)18-40(29(35)31(43)37-25(28(41)30(36)42)17-23-13-12-14-23)32(44)27(24-15-10-9-11-16-24)39-33(45)38-26(21(3)4)19-48(46,47)34(6,7)8/h20-27,29H,9-19H2,1-8H3,(H2,36,42)(H,37,43)(H2,38,39,45)/t22-,25?,26-,27+,29-/m1/s1. The maximum atomic E-state index is 14.6. The highest BCUT2D eigenvalue weighted by molar-refractivity contribution is 14.1. The normalized spacial score (nSPS) is 19.4. The number of carbonyl (C=O) groups is 5. The van der Waals surface area contributed by atoms with Gasteiger partial charge >= 0.3 is 6.03 Å². The maximum absolute atomic E-state index is 14.6. The molecule has 5 N–H and O–H groups in total. The van der Waals surface area contributed by atoms with Crippen LogP contribution in [0.3, 0.4) is 0 Å². The summed E-state index contributed by atoms with van der Waals surface area (Å²) in [6.45, 7) is 14.8. The summed E-state index contributed by atoms with van der Waals surface area (Å²) >= 11 is 1.89. The third kappa shape index (κ3) is 12.1. The molecule has 48 heavy (non-hydrogen) atoms. The minimum atomic E-state index is -3.55. The summed E-state index contributed by atoms with van der Waals surface area (Å²) < 4.78 is 24.0. The number of nitrogens with zero attached hydrogens (tertiary/aromatic N) is 1. The largest absolute Gasteiger partial charge is 0.363 e. The van der Waals surface area contributed by atoms with Gasteiger partial charge in [0.2, 0.25) is 11.7 Å². The molecule has 14 heteroatoms. The number of nitrogens with two attached hydrogens (primary N) is 1. The van der Waals surface area contributed by atoms with Crippen LogP contribution in [-0.4, -0.2) is 82.1 Å². The van der Waals surface area contributed by atoms with Crippen LogP contribution in [0, 0.1) is 29.6 Å². The Morgan fingerprint density at radius 3 is 1.90 bits per heavy atom. The second-order valence-corrected chi connectivity index (χ2v) is 19.6. The first-order valence-electron chi connectivity index (χ1n) is 17.5. The lowest BCUT2D eigenvalue weighted by Gasteiger charge is -2.38. The van der Waals surface area contributed by atoms with Crippen LogP contribution in [0.4, 0.5) is 4.79 Å².